The molecule has 3 heteroatoms. The maximum absolute atomic E-state index is 12.2. The van der Waals surface area contributed by atoms with Gasteiger partial charge >= 0.3 is 0 Å². The molecule has 160 valence electrons. The fraction of sp³-hybridized carbons (Fsp3) is 0.875. The van der Waals surface area contributed by atoms with E-state index in [1.165, 1.54) is 83.5 Å². The predicted molar refractivity (Wildman–Crippen MR) is 120 cm³/mol. The van der Waals surface area contributed by atoms with Crippen LogP contribution in [0.25, 0.3) is 0 Å². The predicted octanol–water partition coefficient (Wildman–Crippen LogP) is 6.58. The zero-order valence-corrected chi connectivity index (χ0v) is 19.1. The van der Waals surface area contributed by atoms with Gasteiger partial charge in [-0.3, -0.25) is 9.28 Å². The summed E-state index contributed by atoms with van der Waals surface area (Å²) < 4.78 is 0.763. The molecule has 0 radical (unpaired) electrons. The first-order chi connectivity index (χ1) is 12.9. The van der Waals surface area contributed by atoms with Crippen LogP contribution in [0.1, 0.15) is 110 Å². The lowest BCUT2D eigenvalue weighted by atomic mass is 10.1. The van der Waals surface area contributed by atoms with Crippen LogP contribution < -0.4 is 5.32 Å². The van der Waals surface area contributed by atoms with Crippen molar-refractivity contribution in [3.8, 4) is 0 Å². The largest absolute Gasteiger partial charge is 0.356 e. The minimum atomic E-state index is 0.136. The van der Waals surface area contributed by atoms with Gasteiger partial charge in [0, 0.05) is 6.54 Å². The molecular weight excluding hydrogens is 332 g/mol. The van der Waals surface area contributed by atoms with Gasteiger partial charge in [0.1, 0.15) is 12.1 Å². The van der Waals surface area contributed by atoms with Crippen LogP contribution in [0.3, 0.4) is 0 Å². The number of amides is 1. The number of nitrogens with zero attached hydrogens (tertiary/aromatic N) is 1. The Hall–Kier alpha value is -0.830. The van der Waals surface area contributed by atoms with E-state index in [0.717, 1.165) is 29.7 Å². The molecule has 0 aliphatic carbocycles. The van der Waals surface area contributed by atoms with E-state index in [2.05, 4.69) is 39.8 Å². The fourth-order valence-corrected chi connectivity index (χ4v) is 3.39. The monoisotopic (exact) mass is 381 g/mol. The summed E-state index contributed by atoms with van der Waals surface area (Å²) >= 11 is 0. The molecule has 0 bridgehead atoms. The van der Waals surface area contributed by atoms with Gasteiger partial charge in [0.05, 0.1) is 20.6 Å². The second-order valence-electron chi connectivity index (χ2n) is 8.74. The molecule has 0 aliphatic heterocycles. The zero-order valence-electron chi connectivity index (χ0n) is 19.1. The number of hydrogen-bond donors (Lipinski definition) is 1. The van der Waals surface area contributed by atoms with Crippen LogP contribution in [-0.2, 0) is 4.79 Å². The molecule has 1 N–H and O–H groups in total. The van der Waals surface area contributed by atoms with Crippen molar-refractivity contribution in [3.63, 3.8) is 0 Å². The van der Waals surface area contributed by atoms with Crippen molar-refractivity contribution in [3.05, 3.63) is 12.3 Å². The van der Waals surface area contributed by atoms with Crippen LogP contribution in [-0.4, -0.2) is 37.6 Å². The number of quaternary nitrogens is 1. The van der Waals surface area contributed by atoms with Gasteiger partial charge in [0.15, 0.2) is 0 Å². The smallest absolute Gasteiger partial charge is 0.229 e. The summed E-state index contributed by atoms with van der Waals surface area (Å²) in [5, 5.41) is 3.08. The van der Waals surface area contributed by atoms with E-state index in [4.69, 9.17) is 0 Å². The minimum absolute atomic E-state index is 0.136. The average Bonchev–Trinajstić information content (AvgIpc) is 2.63. The van der Waals surface area contributed by atoms with Gasteiger partial charge < -0.3 is 5.32 Å². The number of carbonyl (C=O) groups excluding carboxylic acids is 1. The second-order valence-corrected chi connectivity index (χ2v) is 8.74. The molecule has 0 unspecified atom stereocenters. The molecule has 0 rings (SSSR count). The number of carbonyl (C=O) groups is 1. The van der Waals surface area contributed by atoms with Gasteiger partial charge in [0.2, 0.25) is 5.91 Å². The standard InChI is InChI=1S/C24H48N2O/c1-6-8-10-12-14-15-16-18-20-25-24(27)22-23(3)26(4,5)21-19-17-13-11-9-7-2/h3,6-22H2,1-2,4-5H3/p+1. The SMILES string of the molecule is C=C(CC(=O)NCCCCCCCCCC)[N+](C)(C)CCCCCCCC. The number of hydrogen-bond acceptors (Lipinski definition) is 1. The summed E-state index contributed by atoms with van der Waals surface area (Å²) in [6.07, 6.45) is 18.7. The van der Waals surface area contributed by atoms with Crippen molar-refractivity contribution in [2.75, 3.05) is 27.2 Å². The lowest BCUT2D eigenvalue weighted by molar-refractivity contribution is -0.853. The third-order valence-corrected chi connectivity index (χ3v) is 5.64. The Morgan fingerprint density at radius 1 is 0.741 bits per heavy atom. The lowest BCUT2D eigenvalue weighted by Crippen LogP contribution is -2.41. The van der Waals surface area contributed by atoms with Crippen LogP contribution in [0.5, 0.6) is 0 Å². The molecule has 1 amide bonds. The summed E-state index contributed by atoms with van der Waals surface area (Å²) in [6, 6.07) is 0. The number of nitrogens with one attached hydrogen (secondary N) is 1. The van der Waals surface area contributed by atoms with E-state index in [1.807, 2.05) is 0 Å². The lowest BCUT2D eigenvalue weighted by Gasteiger charge is -2.31. The molecule has 3 nitrogen and oxygen atoms in total. The van der Waals surface area contributed by atoms with Gasteiger partial charge in [0.25, 0.3) is 0 Å². The third-order valence-electron chi connectivity index (χ3n) is 5.64. The molecule has 0 aliphatic rings. The van der Waals surface area contributed by atoms with E-state index in [-0.39, 0.29) is 5.91 Å². The van der Waals surface area contributed by atoms with Crippen molar-refractivity contribution in [2.24, 2.45) is 0 Å². The molecule has 0 saturated carbocycles. The van der Waals surface area contributed by atoms with Crippen molar-refractivity contribution in [1.82, 2.24) is 5.32 Å². The maximum Gasteiger partial charge on any atom is 0.229 e. The molecule has 0 saturated heterocycles. The normalized spacial score (nSPS) is 11.6. The summed E-state index contributed by atoms with van der Waals surface area (Å²) in [6.45, 7) is 10.6. The number of rotatable bonds is 19. The Morgan fingerprint density at radius 2 is 1.19 bits per heavy atom. The first kappa shape index (κ1) is 26.2. The Labute approximate surface area is 170 Å². The fourth-order valence-electron chi connectivity index (χ4n) is 3.39. The van der Waals surface area contributed by atoms with Gasteiger partial charge in [-0.25, -0.2) is 0 Å². The van der Waals surface area contributed by atoms with E-state index < -0.39 is 0 Å². The van der Waals surface area contributed by atoms with Crippen LogP contribution in [0.15, 0.2) is 12.3 Å². The first-order valence-corrected chi connectivity index (χ1v) is 11.7. The van der Waals surface area contributed by atoms with Gasteiger partial charge in [-0.2, -0.15) is 0 Å². The molecule has 0 aromatic rings. The highest BCUT2D eigenvalue weighted by molar-refractivity contribution is 5.77. The summed E-state index contributed by atoms with van der Waals surface area (Å²) in [5.74, 6) is 0.136. The highest BCUT2D eigenvalue weighted by Crippen LogP contribution is 2.16. The first-order valence-electron chi connectivity index (χ1n) is 11.7. The van der Waals surface area contributed by atoms with Crippen molar-refractivity contribution < 1.29 is 9.28 Å². The molecule has 27 heavy (non-hydrogen) atoms. The summed E-state index contributed by atoms with van der Waals surface area (Å²) in [7, 11) is 4.36. The minimum Gasteiger partial charge on any atom is -0.356 e. The van der Waals surface area contributed by atoms with E-state index >= 15 is 0 Å². The molecule has 0 fully saturated rings. The second kappa shape index (κ2) is 17.3. The Balaban J connectivity index is 3.72. The van der Waals surface area contributed by atoms with Gasteiger partial charge in [-0.15, -0.1) is 0 Å². The Kier molecular flexibility index (Phi) is 16.7. The van der Waals surface area contributed by atoms with Gasteiger partial charge in [-0.1, -0.05) is 84.5 Å². The van der Waals surface area contributed by atoms with Crippen LogP contribution in [0.2, 0.25) is 0 Å². The average molecular weight is 382 g/mol. The quantitative estimate of drug-likeness (QED) is 0.199. The molecule has 0 atom stereocenters. The number of unbranched alkanes of at least 4 members (excludes halogenated alkanes) is 12. The zero-order chi connectivity index (χ0) is 20.4. The van der Waals surface area contributed by atoms with E-state index in [1.54, 1.807) is 0 Å². The molecule has 0 heterocycles. The summed E-state index contributed by atoms with van der Waals surface area (Å²) in [5.41, 5.74) is 1.02. The topological polar surface area (TPSA) is 29.1 Å². The van der Waals surface area contributed by atoms with Crippen LogP contribution >= 0.6 is 0 Å². The van der Waals surface area contributed by atoms with Crippen LogP contribution in [0, 0.1) is 0 Å². The van der Waals surface area contributed by atoms with Crippen molar-refractivity contribution in [2.45, 2.75) is 110 Å². The Morgan fingerprint density at radius 3 is 1.70 bits per heavy atom. The van der Waals surface area contributed by atoms with Crippen molar-refractivity contribution in [1.29, 1.82) is 0 Å². The highest BCUT2D eigenvalue weighted by atomic mass is 16.1. The maximum atomic E-state index is 12.2. The van der Waals surface area contributed by atoms with E-state index in [0.29, 0.717) is 6.42 Å². The highest BCUT2D eigenvalue weighted by Gasteiger charge is 2.22. The van der Waals surface area contributed by atoms with E-state index in [9.17, 15) is 4.79 Å². The molecule has 0 aromatic carbocycles. The molecular formula is C24H49N2O+. The molecule has 0 spiro atoms. The van der Waals surface area contributed by atoms with Gasteiger partial charge in [-0.05, 0) is 25.8 Å². The van der Waals surface area contributed by atoms with Crippen molar-refractivity contribution >= 4 is 5.91 Å². The Bertz CT molecular complexity index is 377. The molecule has 0 aromatic heterocycles. The van der Waals surface area contributed by atoms with Crippen LogP contribution in [0.4, 0.5) is 0 Å². The third kappa shape index (κ3) is 15.9. The summed E-state index contributed by atoms with van der Waals surface area (Å²) in [4.78, 5) is 12.2.